The summed E-state index contributed by atoms with van der Waals surface area (Å²) in [4.78, 5) is 39.5. The minimum Gasteiger partial charge on any atom is -0.497 e. The standard InChI is InChI=1S/C32H34N6O3/c1-6-38-29-23(11-8-14-35-29)27(21-9-7-10-22(19-21)41-5)28(30(38)39)37-31(40)36-25-17-20(18-26-33-15-16-34-26)12-13-24(25)32(2,3)4/h7-17,19H,6,18H2,1-5H3,(H,33,34)(H2,36,37,40). The number of urea groups is 1. The number of fused-ring (bicyclic) bond motifs is 1. The molecule has 0 radical (unpaired) electrons. The number of carbonyl (C=O) groups excluding carboxylic acids is 1. The average Bonchev–Trinajstić information content (AvgIpc) is 3.46. The van der Waals surface area contributed by atoms with Crippen LogP contribution in [-0.2, 0) is 18.4 Å². The van der Waals surface area contributed by atoms with E-state index in [9.17, 15) is 9.59 Å². The van der Waals surface area contributed by atoms with E-state index in [1.165, 1.54) is 0 Å². The Balaban J connectivity index is 1.59. The highest BCUT2D eigenvalue weighted by Gasteiger charge is 2.23. The van der Waals surface area contributed by atoms with Crippen molar-refractivity contribution in [2.75, 3.05) is 17.7 Å². The maximum atomic E-state index is 13.8. The van der Waals surface area contributed by atoms with Crippen molar-refractivity contribution in [2.24, 2.45) is 0 Å². The molecular weight excluding hydrogens is 516 g/mol. The van der Waals surface area contributed by atoms with Crippen molar-refractivity contribution < 1.29 is 9.53 Å². The molecule has 0 aliphatic rings. The molecule has 9 heteroatoms. The highest BCUT2D eigenvalue weighted by molar-refractivity contribution is 6.07. The van der Waals surface area contributed by atoms with E-state index in [0.29, 0.717) is 35.6 Å². The van der Waals surface area contributed by atoms with Crippen LogP contribution >= 0.6 is 0 Å². The van der Waals surface area contributed by atoms with E-state index in [-0.39, 0.29) is 16.7 Å². The topological polar surface area (TPSA) is 114 Å². The Morgan fingerprint density at radius 3 is 2.56 bits per heavy atom. The maximum absolute atomic E-state index is 13.8. The molecular formula is C32H34N6O3. The number of nitrogens with zero attached hydrogens (tertiary/aromatic N) is 3. The van der Waals surface area contributed by atoms with Gasteiger partial charge in [0.2, 0.25) is 0 Å². The van der Waals surface area contributed by atoms with Gasteiger partial charge in [0.15, 0.2) is 0 Å². The third-order valence-corrected chi connectivity index (χ3v) is 7.00. The Morgan fingerprint density at radius 2 is 1.85 bits per heavy atom. The molecule has 9 nitrogen and oxygen atoms in total. The first-order chi connectivity index (χ1) is 19.7. The lowest BCUT2D eigenvalue weighted by atomic mass is 9.85. The number of aryl methyl sites for hydroxylation is 1. The third kappa shape index (κ3) is 5.70. The lowest BCUT2D eigenvalue weighted by Crippen LogP contribution is -2.30. The molecule has 0 saturated carbocycles. The number of hydrogen-bond acceptors (Lipinski definition) is 5. The van der Waals surface area contributed by atoms with Crippen molar-refractivity contribution in [3.8, 4) is 16.9 Å². The van der Waals surface area contributed by atoms with Crippen LogP contribution in [0, 0.1) is 0 Å². The van der Waals surface area contributed by atoms with Crippen LogP contribution in [0.25, 0.3) is 22.2 Å². The summed E-state index contributed by atoms with van der Waals surface area (Å²) in [6.45, 7) is 8.55. The van der Waals surface area contributed by atoms with Gasteiger partial charge >= 0.3 is 6.03 Å². The number of hydrogen-bond donors (Lipinski definition) is 3. The molecule has 41 heavy (non-hydrogen) atoms. The first-order valence-corrected chi connectivity index (χ1v) is 13.5. The first kappa shape index (κ1) is 27.6. The summed E-state index contributed by atoms with van der Waals surface area (Å²) < 4.78 is 7.02. The van der Waals surface area contributed by atoms with Gasteiger partial charge in [-0.25, -0.2) is 14.8 Å². The van der Waals surface area contributed by atoms with Crippen molar-refractivity contribution in [3.05, 3.63) is 100 Å². The van der Waals surface area contributed by atoms with E-state index in [1.807, 2.05) is 61.5 Å². The molecule has 3 N–H and O–H groups in total. The molecule has 5 rings (SSSR count). The summed E-state index contributed by atoms with van der Waals surface area (Å²) in [5, 5.41) is 6.68. The van der Waals surface area contributed by atoms with Gasteiger partial charge in [-0.1, -0.05) is 45.0 Å². The molecule has 5 aromatic rings. The zero-order valence-corrected chi connectivity index (χ0v) is 23.9. The molecule has 0 bridgehead atoms. The summed E-state index contributed by atoms with van der Waals surface area (Å²) >= 11 is 0. The summed E-state index contributed by atoms with van der Waals surface area (Å²) in [6.07, 6.45) is 5.75. The number of imidazole rings is 1. The Morgan fingerprint density at radius 1 is 1.02 bits per heavy atom. The molecule has 2 amide bonds. The highest BCUT2D eigenvalue weighted by Crippen LogP contribution is 2.35. The fraction of sp³-hybridized carbons (Fsp3) is 0.250. The van der Waals surface area contributed by atoms with Crippen LogP contribution < -0.4 is 20.9 Å². The van der Waals surface area contributed by atoms with E-state index >= 15 is 0 Å². The van der Waals surface area contributed by atoms with Gasteiger partial charge in [-0.05, 0) is 59.4 Å². The molecule has 0 fully saturated rings. The number of aromatic nitrogens is 4. The number of aromatic amines is 1. The molecule has 0 atom stereocenters. The Bertz CT molecular complexity index is 1770. The van der Waals surface area contributed by atoms with E-state index in [4.69, 9.17) is 4.74 Å². The Kier molecular flexibility index (Phi) is 7.61. The van der Waals surface area contributed by atoms with Gasteiger partial charge in [-0.2, -0.15) is 0 Å². The second-order valence-electron chi connectivity index (χ2n) is 10.8. The molecule has 0 aliphatic heterocycles. The average molecular weight is 551 g/mol. The smallest absolute Gasteiger partial charge is 0.323 e. The number of ether oxygens (including phenoxy) is 1. The van der Waals surface area contributed by atoms with E-state index in [2.05, 4.69) is 46.4 Å². The zero-order valence-electron chi connectivity index (χ0n) is 23.9. The van der Waals surface area contributed by atoms with Crippen LogP contribution in [-0.4, -0.2) is 32.7 Å². The molecule has 0 saturated heterocycles. The lowest BCUT2D eigenvalue weighted by Gasteiger charge is -2.24. The number of nitrogens with one attached hydrogen (secondary N) is 3. The fourth-order valence-electron chi connectivity index (χ4n) is 5.08. The maximum Gasteiger partial charge on any atom is 0.323 e. The van der Waals surface area contributed by atoms with Crippen molar-refractivity contribution in [1.29, 1.82) is 0 Å². The van der Waals surface area contributed by atoms with E-state index in [0.717, 1.165) is 27.9 Å². The predicted octanol–water partition coefficient (Wildman–Crippen LogP) is 6.35. The second kappa shape index (κ2) is 11.3. The molecule has 3 heterocycles. The minimum absolute atomic E-state index is 0.169. The number of H-pyrrole nitrogens is 1. The number of carbonyl (C=O) groups is 1. The Labute approximate surface area is 238 Å². The van der Waals surface area contributed by atoms with Gasteiger partial charge in [0.05, 0.1) is 7.11 Å². The third-order valence-electron chi connectivity index (χ3n) is 7.00. The number of rotatable bonds is 7. The minimum atomic E-state index is -0.516. The number of methoxy groups -OCH3 is 1. The molecule has 210 valence electrons. The molecule has 0 spiro atoms. The normalized spacial score (nSPS) is 11.4. The van der Waals surface area contributed by atoms with Gasteiger partial charge in [0, 0.05) is 48.2 Å². The van der Waals surface area contributed by atoms with Gasteiger partial charge in [-0.15, -0.1) is 0 Å². The number of benzene rings is 2. The summed E-state index contributed by atoms with van der Waals surface area (Å²) in [5.74, 6) is 1.47. The van der Waals surface area contributed by atoms with Crippen LogP contribution in [0.2, 0.25) is 0 Å². The van der Waals surface area contributed by atoms with E-state index < -0.39 is 6.03 Å². The van der Waals surface area contributed by atoms with Crippen LogP contribution in [0.4, 0.5) is 16.2 Å². The molecule has 3 aromatic heterocycles. The van der Waals surface area contributed by atoms with Crippen molar-refractivity contribution in [2.45, 2.75) is 46.1 Å². The lowest BCUT2D eigenvalue weighted by molar-refractivity contribution is 0.262. The number of pyridine rings is 2. The molecule has 0 aliphatic carbocycles. The monoisotopic (exact) mass is 550 g/mol. The van der Waals surface area contributed by atoms with Gasteiger partial charge in [0.1, 0.15) is 22.9 Å². The van der Waals surface area contributed by atoms with Gasteiger partial charge in [0.25, 0.3) is 5.56 Å². The van der Waals surface area contributed by atoms with Crippen LogP contribution in [0.3, 0.4) is 0 Å². The van der Waals surface area contributed by atoms with Crippen LogP contribution in [0.15, 0.2) is 78.0 Å². The number of amides is 2. The zero-order chi connectivity index (χ0) is 29.1. The summed E-state index contributed by atoms with van der Waals surface area (Å²) in [6, 6.07) is 16.7. The second-order valence-corrected chi connectivity index (χ2v) is 10.8. The van der Waals surface area contributed by atoms with Gasteiger partial charge in [-0.3, -0.25) is 9.36 Å². The van der Waals surface area contributed by atoms with Crippen molar-refractivity contribution in [3.63, 3.8) is 0 Å². The van der Waals surface area contributed by atoms with Crippen LogP contribution in [0.5, 0.6) is 5.75 Å². The molecule has 2 aromatic carbocycles. The highest BCUT2D eigenvalue weighted by atomic mass is 16.5. The Hall–Kier alpha value is -4.92. The predicted molar refractivity (Wildman–Crippen MR) is 163 cm³/mol. The fourth-order valence-corrected chi connectivity index (χ4v) is 5.08. The van der Waals surface area contributed by atoms with Crippen LogP contribution in [0.1, 0.15) is 44.6 Å². The summed E-state index contributed by atoms with van der Waals surface area (Å²) in [7, 11) is 1.59. The SMILES string of the molecule is CCn1c(=O)c(NC(=O)Nc2cc(Cc3ncc[nH]3)ccc2C(C)(C)C)c(-c2cccc(OC)c2)c2cccnc21. The van der Waals surface area contributed by atoms with E-state index in [1.54, 1.807) is 30.3 Å². The van der Waals surface area contributed by atoms with Gasteiger partial charge < -0.3 is 20.4 Å². The number of anilines is 2. The largest absolute Gasteiger partial charge is 0.497 e. The first-order valence-electron chi connectivity index (χ1n) is 13.5. The van der Waals surface area contributed by atoms with Crippen molar-refractivity contribution in [1.82, 2.24) is 19.5 Å². The summed E-state index contributed by atoms with van der Waals surface area (Å²) in [5.41, 5.74) is 4.08. The quantitative estimate of drug-likeness (QED) is 0.219. The van der Waals surface area contributed by atoms with Crippen molar-refractivity contribution >= 4 is 28.4 Å². The molecule has 0 unspecified atom stereocenters.